The third kappa shape index (κ3) is 4.10. The Morgan fingerprint density at radius 3 is 2.58 bits per heavy atom. The first-order valence-electron chi connectivity index (χ1n) is 8.76. The summed E-state index contributed by atoms with van der Waals surface area (Å²) < 4.78 is 14.5. The molecule has 9 heteroatoms. The maximum atomic E-state index is 14.5. The summed E-state index contributed by atoms with van der Waals surface area (Å²) >= 11 is 0. The highest BCUT2D eigenvalue weighted by Gasteiger charge is 2.40. The molecule has 2 saturated heterocycles. The zero-order valence-electron chi connectivity index (χ0n) is 15.1. The smallest absolute Gasteiger partial charge is 0.307 e. The van der Waals surface area contributed by atoms with Gasteiger partial charge in [-0.1, -0.05) is 10.4 Å². The Kier molecular flexibility index (Phi) is 5.38. The topological polar surface area (TPSA) is 79.1 Å². The first-order chi connectivity index (χ1) is 12.3. The van der Waals surface area contributed by atoms with E-state index < -0.39 is 11.7 Å². The molecule has 0 aliphatic carbocycles. The molecule has 0 atom stereocenters. The van der Waals surface area contributed by atoms with Gasteiger partial charge < -0.3 is 10.0 Å². The maximum Gasteiger partial charge on any atom is 0.307 e. The summed E-state index contributed by atoms with van der Waals surface area (Å²) in [5.41, 5.74) is 2.35. The predicted molar refractivity (Wildman–Crippen MR) is 93.7 cm³/mol. The first-order valence-corrected chi connectivity index (χ1v) is 8.76. The Morgan fingerprint density at radius 1 is 1.35 bits per heavy atom. The number of aromatic hydroxyl groups is 1. The molecule has 2 fully saturated rings. The van der Waals surface area contributed by atoms with Gasteiger partial charge in [-0.05, 0) is 63.6 Å². The van der Waals surface area contributed by atoms with E-state index in [1.54, 1.807) is 0 Å². The molecule has 1 amide bonds. The highest BCUT2D eigenvalue weighted by molar-refractivity contribution is 5.82. The van der Waals surface area contributed by atoms with Crippen molar-refractivity contribution >= 4 is 11.6 Å². The number of nitrogens with one attached hydrogen (secondary N) is 1. The molecule has 8 nitrogen and oxygen atoms in total. The van der Waals surface area contributed by atoms with E-state index in [1.165, 1.54) is 12.1 Å². The van der Waals surface area contributed by atoms with Crippen LogP contribution >= 0.6 is 0 Å². The molecule has 2 N–H and O–H groups in total. The molecule has 0 radical (unpaired) electrons. The minimum atomic E-state index is -0.722. The van der Waals surface area contributed by atoms with Gasteiger partial charge in [0.1, 0.15) is 5.75 Å². The average Bonchev–Trinajstić information content (AvgIpc) is 2.86. The highest BCUT2D eigenvalue weighted by Crippen LogP contribution is 2.33. The number of amides is 1. The second kappa shape index (κ2) is 7.55. The lowest BCUT2D eigenvalue weighted by molar-refractivity contribution is -0.591. The van der Waals surface area contributed by atoms with E-state index in [4.69, 9.17) is 0 Å². The third-order valence-corrected chi connectivity index (χ3v) is 4.83. The lowest BCUT2D eigenvalue weighted by Gasteiger charge is -2.33. The van der Waals surface area contributed by atoms with Crippen LogP contribution in [-0.2, 0) is 11.3 Å². The van der Waals surface area contributed by atoms with E-state index in [0.717, 1.165) is 37.5 Å². The molecule has 0 aromatic heterocycles. The Balaban J connectivity index is 1.65. The van der Waals surface area contributed by atoms with Crippen molar-refractivity contribution in [3.05, 3.63) is 28.4 Å². The number of benzene rings is 1. The maximum absolute atomic E-state index is 14.5. The molecule has 1 aromatic rings. The van der Waals surface area contributed by atoms with E-state index in [9.17, 15) is 19.2 Å². The number of piperidine rings is 1. The molecule has 2 aliphatic rings. The highest BCUT2D eigenvalue weighted by atomic mass is 19.1. The molecule has 0 spiro atoms. The molecular weight excluding hydrogens is 341 g/mol. The molecule has 142 valence electrons. The molecule has 2 aliphatic heterocycles. The number of hydrogen-bond acceptors (Lipinski definition) is 5. The fourth-order valence-corrected chi connectivity index (χ4v) is 3.66. The second-order valence-corrected chi connectivity index (χ2v) is 7.29. The van der Waals surface area contributed by atoms with E-state index in [1.807, 2.05) is 5.43 Å². The van der Waals surface area contributed by atoms with Crippen molar-refractivity contribution in [2.45, 2.75) is 19.4 Å². The van der Waals surface area contributed by atoms with Gasteiger partial charge in [-0.2, -0.15) is 0 Å². The lowest BCUT2D eigenvalue weighted by atomic mass is 9.96. The summed E-state index contributed by atoms with van der Waals surface area (Å²) in [5.74, 6) is -0.944. The number of phenolic OH excluding ortho intramolecular Hbond substituents is 1. The van der Waals surface area contributed by atoms with Crippen LogP contribution in [0.15, 0.2) is 12.1 Å². The Hall–Kier alpha value is -2.26. The number of carbonyl (C=O) groups excluding carboxylic acids is 1. The number of carbonyl (C=O) groups is 1. The van der Waals surface area contributed by atoms with E-state index in [2.05, 4.69) is 23.9 Å². The summed E-state index contributed by atoms with van der Waals surface area (Å²) in [6, 6.07) is 2.78. The SMILES string of the molecule is CN(C)CC1CCN(Cc2cc(O)c(N3CC(=O)N[N+]3=O)c(F)c2)CC1. The molecule has 26 heavy (non-hydrogen) atoms. The molecular formula is C17H25FN5O3+. The zero-order chi connectivity index (χ0) is 18.8. The van der Waals surface area contributed by atoms with Crippen LogP contribution in [0.1, 0.15) is 18.4 Å². The van der Waals surface area contributed by atoms with Crippen molar-refractivity contribution in [2.24, 2.45) is 5.92 Å². The van der Waals surface area contributed by atoms with Crippen LogP contribution in [0, 0.1) is 16.6 Å². The second-order valence-electron chi connectivity index (χ2n) is 7.29. The number of likely N-dealkylation sites (tertiary alicyclic amines) is 1. The standard InChI is InChI=1S/C17H24FN5O3/c1-20(2)9-12-3-5-21(6-4-12)10-13-7-14(18)17(15(24)8-13)22-11-16(25)19-23(22)26/h7-8,12H,3-6,9-11H2,1-2H3,(H-,19,24,25,26)/p+1. The number of rotatable bonds is 5. The third-order valence-electron chi connectivity index (χ3n) is 4.83. The average molecular weight is 366 g/mol. The van der Waals surface area contributed by atoms with Crippen LogP contribution in [0.5, 0.6) is 5.75 Å². The van der Waals surface area contributed by atoms with Gasteiger partial charge in [-0.25, -0.2) is 4.39 Å². The van der Waals surface area contributed by atoms with Crippen LogP contribution in [0.3, 0.4) is 0 Å². The number of nitrogens with zero attached hydrogens (tertiary/aromatic N) is 4. The van der Waals surface area contributed by atoms with Crippen LogP contribution in [-0.4, -0.2) is 66.1 Å². The van der Waals surface area contributed by atoms with Gasteiger partial charge in [0.05, 0.1) is 4.91 Å². The minimum Gasteiger partial charge on any atom is -0.505 e. The summed E-state index contributed by atoms with van der Waals surface area (Å²) in [5, 5.41) is 11.0. The van der Waals surface area contributed by atoms with Crippen LogP contribution in [0.4, 0.5) is 10.1 Å². The summed E-state index contributed by atoms with van der Waals surface area (Å²) in [6.45, 7) is 3.15. The van der Waals surface area contributed by atoms with Gasteiger partial charge in [0.2, 0.25) is 0 Å². The van der Waals surface area contributed by atoms with Crippen LogP contribution < -0.4 is 10.4 Å². The summed E-state index contributed by atoms with van der Waals surface area (Å²) in [4.78, 5) is 27.5. The number of anilines is 1. The first kappa shape index (κ1) is 18.5. The molecule has 3 rings (SSSR count). The Labute approximate surface area is 151 Å². The number of nitroso groups, excluding NO2 is 1. The number of hydrogen-bond donors (Lipinski definition) is 2. The normalized spacial score (nSPS) is 19.5. The van der Waals surface area contributed by atoms with Gasteiger partial charge in [-0.3, -0.25) is 9.69 Å². The number of phenols is 1. The predicted octanol–water partition coefficient (Wildman–Crippen LogP) is 0.850. The van der Waals surface area contributed by atoms with Crippen molar-refractivity contribution in [3.8, 4) is 5.75 Å². The fraction of sp³-hybridized carbons (Fsp3) is 0.588. The molecule has 2 heterocycles. The van der Waals surface area contributed by atoms with Gasteiger partial charge in [-0.15, -0.1) is 0 Å². The largest absolute Gasteiger partial charge is 0.505 e. The van der Waals surface area contributed by atoms with Crippen molar-refractivity contribution in [2.75, 3.05) is 45.3 Å². The lowest BCUT2D eigenvalue weighted by Crippen LogP contribution is -2.36. The zero-order valence-corrected chi connectivity index (χ0v) is 15.1. The van der Waals surface area contributed by atoms with Gasteiger partial charge >= 0.3 is 5.91 Å². The van der Waals surface area contributed by atoms with Gasteiger partial charge in [0.25, 0.3) is 4.98 Å². The minimum absolute atomic E-state index is 0.135. The van der Waals surface area contributed by atoms with Crippen molar-refractivity contribution in [1.82, 2.24) is 15.2 Å². The molecule has 0 bridgehead atoms. The van der Waals surface area contributed by atoms with Gasteiger partial charge in [0, 0.05) is 13.1 Å². The van der Waals surface area contributed by atoms with Crippen molar-refractivity contribution in [1.29, 1.82) is 0 Å². The van der Waals surface area contributed by atoms with E-state index in [-0.39, 0.29) is 23.0 Å². The van der Waals surface area contributed by atoms with Crippen LogP contribution in [0.2, 0.25) is 0 Å². The number of halogens is 1. The van der Waals surface area contributed by atoms with Crippen molar-refractivity contribution in [3.63, 3.8) is 0 Å². The van der Waals surface area contributed by atoms with Crippen LogP contribution in [0.25, 0.3) is 0 Å². The number of hydrazine groups is 2. The molecule has 0 saturated carbocycles. The summed E-state index contributed by atoms with van der Waals surface area (Å²) in [6.07, 6.45) is 2.19. The Bertz CT molecular complexity index is 681. The summed E-state index contributed by atoms with van der Waals surface area (Å²) in [7, 11) is 4.15. The van der Waals surface area contributed by atoms with Crippen molar-refractivity contribution < 1.29 is 19.3 Å². The van der Waals surface area contributed by atoms with E-state index >= 15 is 0 Å². The molecule has 0 unspecified atom stereocenters. The fourth-order valence-electron chi connectivity index (χ4n) is 3.66. The monoisotopic (exact) mass is 366 g/mol. The molecule has 1 aromatic carbocycles. The Morgan fingerprint density at radius 2 is 2.04 bits per heavy atom. The van der Waals surface area contributed by atoms with Gasteiger partial charge in [0.15, 0.2) is 18.0 Å². The van der Waals surface area contributed by atoms with E-state index in [0.29, 0.717) is 18.0 Å². The quantitative estimate of drug-likeness (QED) is 0.753.